The minimum Gasteiger partial charge on any atom is -0.455 e. The van der Waals surface area contributed by atoms with Crippen molar-refractivity contribution in [3.05, 3.63) is 111 Å². The highest BCUT2D eigenvalue weighted by molar-refractivity contribution is 7.15. The summed E-state index contributed by atoms with van der Waals surface area (Å²) in [4.78, 5) is 31.2. The van der Waals surface area contributed by atoms with E-state index in [-0.39, 0.29) is 5.56 Å². The lowest BCUT2D eigenvalue weighted by molar-refractivity contribution is 0.102. The Morgan fingerprint density at radius 3 is 2.52 bits per heavy atom. The van der Waals surface area contributed by atoms with Crippen molar-refractivity contribution in [1.82, 2.24) is 9.38 Å². The predicted octanol–water partition coefficient (Wildman–Crippen LogP) is 6.12. The number of halogens is 1. The maximum atomic E-state index is 13.3. The van der Waals surface area contributed by atoms with E-state index in [1.54, 1.807) is 35.7 Å². The van der Waals surface area contributed by atoms with Crippen LogP contribution in [0.2, 0.25) is 5.02 Å². The zero-order valence-corrected chi connectivity index (χ0v) is 18.6. The Balaban J connectivity index is 1.51. The lowest BCUT2D eigenvalue weighted by Crippen LogP contribution is -2.26. The largest absolute Gasteiger partial charge is 0.455 e. The van der Waals surface area contributed by atoms with E-state index < -0.39 is 11.5 Å². The minimum atomic E-state index is -0.581. The summed E-state index contributed by atoms with van der Waals surface area (Å²) in [5.41, 5.74) is 1.14. The first-order chi connectivity index (χ1) is 16.1. The van der Waals surface area contributed by atoms with E-state index in [1.165, 1.54) is 21.9 Å². The number of amides is 1. The summed E-state index contributed by atoms with van der Waals surface area (Å²) >= 11 is 7.64. The smallest absolute Gasteiger partial charge is 0.271 e. The number of ether oxygens (including phenoxy) is 1. The number of para-hydroxylation sites is 3. The molecule has 0 aliphatic heterocycles. The van der Waals surface area contributed by atoms with Crippen LogP contribution < -0.4 is 15.6 Å². The van der Waals surface area contributed by atoms with Crippen molar-refractivity contribution in [3.8, 4) is 22.8 Å². The predicted molar refractivity (Wildman–Crippen MR) is 131 cm³/mol. The molecule has 5 aromatic rings. The highest BCUT2D eigenvalue weighted by atomic mass is 35.5. The highest BCUT2D eigenvalue weighted by Gasteiger charge is 2.19. The van der Waals surface area contributed by atoms with Gasteiger partial charge in [-0.3, -0.25) is 14.0 Å². The topological polar surface area (TPSA) is 72.7 Å². The molecule has 1 N–H and O–H groups in total. The van der Waals surface area contributed by atoms with Gasteiger partial charge in [0.2, 0.25) is 0 Å². The van der Waals surface area contributed by atoms with E-state index in [1.807, 2.05) is 48.5 Å². The summed E-state index contributed by atoms with van der Waals surface area (Å²) in [6.45, 7) is 0. The van der Waals surface area contributed by atoms with Crippen molar-refractivity contribution in [2.75, 3.05) is 5.32 Å². The average Bonchev–Trinajstić information content (AvgIpc) is 3.26. The summed E-state index contributed by atoms with van der Waals surface area (Å²) in [5, 5.41) is 5.08. The molecular formula is C25H16ClN3O3S. The van der Waals surface area contributed by atoms with E-state index >= 15 is 0 Å². The maximum absolute atomic E-state index is 13.3. The van der Waals surface area contributed by atoms with E-state index in [9.17, 15) is 9.59 Å². The number of hydrogen-bond donors (Lipinski definition) is 1. The van der Waals surface area contributed by atoms with Crippen LogP contribution in [0.5, 0.6) is 11.5 Å². The van der Waals surface area contributed by atoms with Gasteiger partial charge in [0.25, 0.3) is 11.5 Å². The summed E-state index contributed by atoms with van der Waals surface area (Å²) in [7, 11) is 0. The Hall–Kier alpha value is -3.94. The number of aromatic nitrogens is 2. The van der Waals surface area contributed by atoms with Crippen LogP contribution in [0.3, 0.4) is 0 Å². The van der Waals surface area contributed by atoms with Crippen molar-refractivity contribution in [2.45, 2.75) is 0 Å². The van der Waals surface area contributed by atoms with E-state index in [0.717, 1.165) is 0 Å². The zero-order chi connectivity index (χ0) is 22.8. The quantitative estimate of drug-likeness (QED) is 0.333. The van der Waals surface area contributed by atoms with Gasteiger partial charge in [0.05, 0.1) is 11.4 Å². The molecule has 33 heavy (non-hydrogen) atoms. The molecular weight excluding hydrogens is 458 g/mol. The molecule has 6 nitrogen and oxygen atoms in total. The summed E-state index contributed by atoms with van der Waals surface area (Å²) in [6.07, 6.45) is 1.29. The van der Waals surface area contributed by atoms with Crippen LogP contribution in [0.4, 0.5) is 5.69 Å². The molecule has 3 aromatic carbocycles. The SMILES string of the molecule is O=C(Nc1ccccc1Oc1ccccc1)c1cnc2scc(-c3ccccc3Cl)n2c1=O. The molecule has 0 aliphatic carbocycles. The number of hydrogen-bond acceptors (Lipinski definition) is 5. The normalized spacial score (nSPS) is 10.8. The first kappa shape index (κ1) is 20.9. The van der Waals surface area contributed by atoms with Gasteiger partial charge in [-0.15, -0.1) is 11.3 Å². The Morgan fingerprint density at radius 1 is 0.970 bits per heavy atom. The first-order valence-corrected chi connectivity index (χ1v) is 11.2. The highest BCUT2D eigenvalue weighted by Crippen LogP contribution is 2.31. The van der Waals surface area contributed by atoms with Gasteiger partial charge in [-0.2, -0.15) is 0 Å². The number of nitrogens with one attached hydrogen (secondary N) is 1. The van der Waals surface area contributed by atoms with Crippen LogP contribution >= 0.6 is 22.9 Å². The zero-order valence-electron chi connectivity index (χ0n) is 17.1. The molecule has 0 bridgehead atoms. The third-order valence-electron chi connectivity index (χ3n) is 4.95. The van der Waals surface area contributed by atoms with Crippen molar-refractivity contribution in [1.29, 1.82) is 0 Å². The molecule has 2 aromatic heterocycles. The average molecular weight is 474 g/mol. The standard InChI is InChI=1S/C25H16ClN3O3S/c26-19-11-5-4-10-17(19)21-15-33-25-27-14-18(24(31)29(21)25)23(30)28-20-12-6-7-13-22(20)32-16-8-2-1-3-9-16/h1-15H,(H,28,30). The maximum Gasteiger partial charge on any atom is 0.271 e. The molecule has 0 atom stereocenters. The van der Waals surface area contributed by atoms with E-state index in [4.69, 9.17) is 16.3 Å². The number of fused-ring (bicyclic) bond motifs is 1. The number of thiazole rings is 1. The first-order valence-electron chi connectivity index (χ1n) is 9.99. The second kappa shape index (κ2) is 8.90. The van der Waals surface area contributed by atoms with Crippen LogP contribution in [0.1, 0.15) is 10.4 Å². The third kappa shape index (κ3) is 4.11. The van der Waals surface area contributed by atoms with Crippen LogP contribution in [-0.4, -0.2) is 15.3 Å². The number of carbonyl (C=O) groups is 1. The number of benzene rings is 3. The van der Waals surface area contributed by atoms with Gasteiger partial charge in [0.15, 0.2) is 10.7 Å². The Kier molecular flexibility index (Phi) is 5.64. The fourth-order valence-corrected chi connectivity index (χ4v) is 4.45. The van der Waals surface area contributed by atoms with Crippen LogP contribution in [0.15, 0.2) is 95.2 Å². The molecule has 1 amide bonds. The second-order valence-corrected chi connectivity index (χ2v) is 8.30. The van der Waals surface area contributed by atoms with Gasteiger partial charge in [0, 0.05) is 22.2 Å². The molecule has 8 heteroatoms. The second-order valence-electron chi connectivity index (χ2n) is 7.06. The van der Waals surface area contributed by atoms with Crippen molar-refractivity contribution < 1.29 is 9.53 Å². The Morgan fingerprint density at radius 2 is 1.70 bits per heavy atom. The van der Waals surface area contributed by atoms with Gasteiger partial charge in [-0.05, 0) is 30.3 Å². The third-order valence-corrected chi connectivity index (χ3v) is 6.12. The summed E-state index contributed by atoms with van der Waals surface area (Å²) in [6, 6.07) is 23.5. The molecule has 0 spiro atoms. The summed E-state index contributed by atoms with van der Waals surface area (Å²) in [5.74, 6) is 0.505. The molecule has 0 saturated carbocycles. The van der Waals surface area contributed by atoms with Gasteiger partial charge in [-0.1, -0.05) is 60.1 Å². The van der Waals surface area contributed by atoms with Crippen LogP contribution in [-0.2, 0) is 0 Å². The van der Waals surface area contributed by atoms with Crippen molar-refractivity contribution >= 4 is 39.5 Å². The Bertz CT molecular complexity index is 1530. The molecule has 0 fully saturated rings. The van der Waals surface area contributed by atoms with Crippen molar-refractivity contribution in [2.24, 2.45) is 0 Å². The van der Waals surface area contributed by atoms with Gasteiger partial charge in [0.1, 0.15) is 11.3 Å². The molecule has 2 heterocycles. The number of rotatable bonds is 5. The Labute approximate surface area is 197 Å². The fourth-order valence-electron chi connectivity index (χ4n) is 3.37. The molecule has 0 radical (unpaired) electrons. The van der Waals surface area contributed by atoms with Crippen molar-refractivity contribution in [3.63, 3.8) is 0 Å². The molecule has 0 unspecified atom stereocenters. The number of anilines is 1. The molecule has 0 aliphatic rings. The minimum absolute atomic E-state index is 0.0892. The number of carbonyl (C=O) groups excluding carboxylic acids is 1. The molecule has 162 valence electrons. The van der Waals surface area contributed by atoms with Crippen LogP contribution in [0.25, 0.3) is 16.2 Å². The van der Waals surface area contributed by atoms with Gasteiger partial charge >= 0.3 is 0 Å². The van der Waals surface area contributed by atoms with Gasteiger partial charge < -0.3 is 10.1 Å². The van der Waals surface area contributed by atoms with E-state index in [2.05, 4.69) is 10.3 Å². The molecule has 0 saturated heterocycles. The number of nitrogens with zero attached hydrogens (tertiary/aromatic N) is 2. The molecule has 5 rings (SSSR count). The van der Waals surface area contributed by atoms with E-state index in [0.29, 0.717) is 38.4 Å². The fraction of sp³-hybridized carbons (Fsp3) is 0. The lowest BCUT2D eigenvalue weighted by atomic mass is 10.2. The van der Waals surface area contributed by atoms with Crippen LogP contribution in [0, 0.1) is 0 Å². The summed E-state index contributed by atoms with van der Waals surface area (Å²) < 4.78 is 7.31. The lowest BCUT2D eigenvalue weighted by Gasteiger charge is -2.12. The monoisotopic (exact) mass is 473 g/mol. The van der Waals surface area contributed by atoms with Gasteiger partial charge in [-0.25, -0.2) is 4.98 Å².